The number of piperazine rings is 1. The average Bonchev–Trinajstić information content (AvgIpc) is 2.75. The molecule has 0 spiro atoms. The highest BCUT2D eigenvalue weighted by atomic mass is 32.1. The first kappa shape index (κ1) is 11.6. The van der Waals surface area contributed by atoms with Crippen LogP contribution >= 0.6 is 11.3 Å². The molecule has 1 saturated heterocycles. The van der Waals surface area contributed by atoms with E-state index in [9.17, 15) is 4.79 Å². The lowest BCUT2D eigenvalue weighted by atomic mass is 10.1. The van der Waals surface area contributed by atoms with Gasteiger partial charge in [0.25, 0.3) is 0 Å². The summed E-state index contributed by atoms with van der Waals surface area (Å²) < 4.78 is 0. The third kappa shape index (κ3) is 2.26. The third-order valence-electron chi connectivity index (χ3n) is 2.88. The van der Waals surface area contributed by atoms with Crippen molar-refractivity contribution >= 4 is 17.2 Å². The Labute approximate surface area is 99.4 Å². The van der Waals surface area contributed by atoms with E-state index >= 15 is 0 Å². The quantitative estimate of drug-likeness (QED) is 0.789. The highest BCUT2D eigenvalue weighted by molar-refractivity contribution is 7.10. The van der Waals surface area contributed by atoms with Crippen LogP contribution in [-0.4, -0.2) is 37.0 Å². The molecule has 1 unspecified atom stereocenters. The van der Waals surface area contributed by atoms with Gasteiger partial charge >= 0.3 is 0 Å². The molecular weight excluding hydrogens is 222 g/mol. The normalized spacial score (nSPS) is 18.5. The van der Waals surface area contributed by atoms with Gasteiger partial charge < -0.3 is 16.0 Å². The van der Waals surface area contributed by atoms with Gasteiger partial charge in [-0.25, -0.2) is 0 Å². The number of rotatable bonds is 2. The summed E-state index contributed by atoms with van der Waals surface area (Å²) in [4.78, 5) is 15.0. The van der Waals surface area contributed by atoms with E-state index in [0.29, 0.717) is 0 Å². The molecule has 1 aliphatic heterocycles. The molecule has 1 aromatic heterocycles. The maximum atomic E-state index is 12.1. The zero-order valence-electron chi connectivity index (χ0n) is 9.40. The standard InChI is InChI=1S/C11H17N3OS/c1-8-2-7-16-10(8)9(12)11(15)14-5-3-13-4-6-14/h2,7,9,13H,3-6,12H2,1H3. The van der Waals surface area contributed by atoms with Crippen molar-refractivity contribution in [2.24, 2.45) is 5.73 Å². The summed E-state index contributed by atoms with van der Waals surface area (Å²) in [5, 5.41) is 5.20. The highest BCUT2D eigenvalue weighted by Crippen LogP contribution is 2.23. The first-order valence-corrected chi connectivity index (χ1v) is 6.37. The van der Waals surface area contributed by atoms with Crippen molar-refractivity contribution in [3.63, 3.8) is 0 Å². The van der Waals surface area contributed by atoms with Gasteiger partial charge in [-0.05, 0) is 23.9 Å². The number of amides is 1. The van der Waals surface area contributed by atoms with Crippen LogP contribution in [0.3, 0.4) is 0 Å². The number of carbonyl (C=O) groups is 1. The maximum absolute atomic E-state index is 12.1. The smallest absolute Gasteiger partial charge is 0.245 e. The van der Waals surface area contributed by atoms with E-state index in [1.807, 2.05) is 23.3 Å². The Hall–Kier alpha value is -0.910. The Morgan fingerprint density at radius 1 is 1.56 bits per heavy atom. The second kappa shape index (κ2) is 4.95. The van der Waals surface area contributed by atoms with Gasteiger partial charge in [0.15, 0.2) is 0 Å². The zero-order chi connectivity index (χ0) is 11.5. The third-order valence-corrected chi connectivity index (χ3v) is 3.98. The Bertz CT molecular complexity index is 371. The molecule has 3 N–H and O–H groups in total. The molecule has 1 amide bonds. The molecule has 0 bridgehead atoms. The summed E-state index contributed by atoms with van der Waals surface area (Å²) in [6, 6.07) is 1.52. The predicted molar refractivity (Wildman–Crippen MR) is 65.4 cm³/mol. The van der Waals surface area contributed by atoms with Crippen LogP contribution in [0.4, 0.5) is 0 Å². The molecule has 2 rings (SSSR count). The number of hydrogen-bond donors (Lipinski definition) is 2. The second-order valence-corrected chi connectivity index (χ2v) is 4.97. The van der Waals surface area contributed by atoms with Crippen molar-refractivity contribution in [2.45, 2.75) is 13.0 Å². The molecule has 16 heavy (non-hydrogen) atoms. The summed E-state index contributed by atoms with van der Waals surface area (Å²) in [5.41, 5.74) is 7.13. The van der Waals surface area contributed by atoms with Gasteiger partial charge in [0.1, 0.15) is 6.04 Å². The molecule has 0 saturated carbocycles. The van der Waals surface area contributed by atoms with Crippen LogP contribution in [0.15, 0.2) is 11.4 Å². The second-order valence-electron chi connectivity index (χ2n) is 4.02. The molecule has 1 aliphatic rings. The molecule has 88 valence electrons. The lowest BCUT2D eigenvalue weighted by Gasteiger charge is -2.29. The number of nitrogens with one attached hydrogen (secondary N) is 1. The number of nitrogens with two attached hydrogens (primary N) is 1. The topological polar surface area (TPSA) is 58.4 Å². The minimum absolute atomic E-state index is 0.0482. The molecule has 5 heteroatoms. The molecule has 0 aliphatic carbocycles. The van der Waals surface area contributed by atoms with Gasteiger partial charge in [-0.15, -0.1) is 11.3 Å². The fraction of sp³-hybridized carbons (Fsp3) is 0.545. The van der Waals surface area contributed by atoms with Crippen LogP contribution in [0, 0.1) is 6.92 Å². The Morgan fingerprint density at radius 3 is 2.81 bits per heavy atom. The van der Waals surface area contributed by atoms with E-state index in [0.717, 1.165) is 36.6 Å². The SMILES string of the molecule is Cc1ccsc1C(N)C(=O)N1CCNCC1. The van der Waals surface area contributed by atoms with Gasteiger partial charge in [0, 0.05) is 31.1 Å². The number of hydrogen-bond acceptors (Lipinski definition) is 4. The van der Waals surface area contributed by atoms with Gasteiger partial charge in [-0.2, -0.15) is 0 Å². The molecular formula is C11H17N3OS. The molecule has 1 aromatic rings. The van der Waals surface area contributed by atoms with E-state index < -0.39 is 6.04 Å². The number of carbonyl (C=O) groups excluding carboxylic acids is 1. The fourth-order valence-corrected chi connectivity index (χ4v) is 2.82. The number of thiophene rings is 1. The molecule has 1 atom stereocenters. The summed E-state index contributed by atoms with van der Waals surface area (Å²) >= 11 is 1.56. The maximum Gasteiger partial charge on any atom is 0.245 e. The number of aryl methyl sites for hydroxylation is 1. The minimum Gasteiger partial charge on any atom is -0.338 e. The first-order chi connectivity index (χ1) is 7.70. The first-order valence-electron chi connectivity index (χ1n) is 5.49. The van der Waals surface area contributed by atoms with E-state index in [4.69, 9.17) is 5.73 Å². The molecule has 4 nitrogen and oxygen atoms in total. The lowest BCUT2D eigenvalue weighted by molar-refractivity contribution is -0.133. The number of nitrogens with zero attached hydrogens (tertiary/aromatic N) is 1. The van der Waals surface area contributed by atoms with Gasteiger partial charge in [0.05, 0.1) is 0 Å². The van der Waals surface area contributed by atoms with E-state index in [1.165, 1.54) is 0 Å². The molecule has 2 heterocycles. The highest BCUT2D eigenvalue weighted by Gasteiger charge is 2.25. The van der Waals surface area contributed by atoms with Gasteiger partial charge in [-0.3, -0.25) is 4.79 Å². The van der Waals surface area contributed by atoms with Crippen LogP contribution in [0.25, 0.3) is 0 Å². The van der Waals surface area contributed by atoms with E-state index in [-0.39, 0.29) is 5.91 Å². The Morgan fingerprint density at radius 2 is 2.25 bits per heavy atom. The fourth-order valence-electron chi connectivity index (χ4n) is 1.90. The van der Waals surface area contributed by atoms with E-state index in [2.05, 4.69) is 5.32 Å². The van der Waals surface area contributed by atoms with Crippen molar-refractivity contribution in [3.05, 3.63) is 21.9 Å². The van der Waals surface area contributed by atoms with Gasteiger partial charge in [-0.1, -0.05) is 0 Å². The summed E-state index contributed by atoms with van der Waals surface area (Å²) in [5.74, 6) is 0.0482. The van der Waals surface area contributed by atoms with Crippen LogP contribution in [0.2, 0.25) is 0 Å². The van der Waals surface area contributed by atoms with Crippen LogP contribution < -0.4 is 11.1 Å². The van der Waals surface area contributed by atoms with Crippen molar-refractivity contribution in [3.8, 4) is 0 Å². The van der Waals surface area contributed by atoms with Crippen LogP contribution in [0.1, 0.15) is 16.5 Å². The average molecular weight is 239 g/mol. The molecule has 0 radical (unpaired) electrons. The summed E-state index contributed by atoms with van der Waals surface area (Å²) in [7, 11) is 0. The van der Waals surface area contributed by atoms with Crippen molar-refractivity contribution < 1.29 is 4.79 Å². The molecule has 0 aromatic carbocycles. The summed E-state index contributed by atoms with van der Waals surface area (Å²) in [6.07, 6.45) is 0. The van der Waals surface area contributed by atoms with Crippen LogP contribution in [0.5, 0.6) is 0 Å². The zero-order valence-corrected chi connectivity index (χ0v) is 10.2. The lowest BCUT2D eigenvalue weighted by Crippen LogP contribution is -2.49. The Kier molecular flexibility index (Phi) is 3.58. The van der Waals surface area contributed by atoms with Crippen LogP contribution in [-0.2, 0) is 4.79 Å². The van der Waals surface area contributed by atoms with Crippen molar-refractivity contribution in [1.29, 1.82) is 0 Å². The van der Waals surface area contributed by atoms with Crippen molar-refractivity contribution in [2.75, 3.05) is 26.2 Å². The van der Waals surface area contributed by atoms with Crippen molar-refractivity contribution in [1.82, 2.24) is 10.2 Å². The monoisotopic (exact) mass is 239 g/mol. The van der Waals surface area contributed by atoms with Gasteiger partial charge in [0.2, 0.25) is 5.91 Å². The van der Waals surface area contributed by atoms with E-state index in [1.54, 1.807) is 11.3 Å². The summed E-state index contributed by atoms with van der Waals surface area (Å²) in [6.45, 7) is 5.24. The molecule has 1 fully saturated rings. The largest absolute Gasteiger partial charge is 0.338 e. The minimum atomic E-state index is -0.488. The Balaban J connectivity index is 2.06. The predicted octanol–water partition coefficient (Wildman–Crippen LogP) is 0.488.